The Bertz CT molecular complexity index is 832. The Hall–Kier alpha value is -2.01. The number of ether oxygens (including phenoxy) is 2. The lowest BCUT2D eigenvalue weighted by atomic mass is 9.89. The van der Waals surface area contributed by atoms with Crippen molar-refractivity contribution in [2.75, 3.05) is 6.61 Å². The number of benzene rings is 2. The number of amides is 1. The van der Waals surface area contributed by atoms with Crippen molar-refractivity contribution in [2.45, 2.75) is 45.8 Å². The van der Waals surface area contributed by atoms with Crippen LogP contribution >= 0.6 is 15.9 Å². The molecule has 0 spiro atoms. The van der Waals surface area contributed by atoms with Crippen LogP contribution in [0.2, 0.25) is 0 Å². The zero-order valence-corrected chi connectivity index (χ0v) is 17.1. The summed E-state index contributed by atoms with van der Waals surface area (Å²) < 4.78 is 12.7. The largest absolute Gasteiger partial charge is 0.487 e. The fourth-order valence-electron chi connectivity index (χ4n) is 3.19. The molecule has 1 atom stereocenters. The van der Waals surface area contributed by atoms with Gasteiger partial charge in [0.2, 0.25) is 0 Å². The summed E-state index contributed by atoms with van der Waals surface area (Å²) in [6.07, 6.45) is 0.715. The Morgan fingerprint density at radius 3 is 2.77 bits per heavy atom. The third kappa shape index (κ3) is 4.39. The van der Waals surface area contributed by atoms with Crippen LogP contribution in [0.5, 0.6) is 11.5 Å². The van der Waals surface area contributed by atoms with Gasteiger partial charge in [0.15, 0.2) is 6.61 Å². The Morgan fingerprint density at radius 2 is 2.04 bits per heavy atom. The first-order valence-electron chi connectivity index (χ1n) is 8.71. The molecule has 5 heteroatoms. The summed E-state index contributed by atoms with van der Waals surface area (Å²) in [5.74, 6) is 1.38. The van der Waals surface area contributed by atoms with Gasteiger partial charge in [0.1, 0.15) is 17.1 Å². The highest BCUT2D eigenvalue weighted by Crippen LogP contribution is 2.39. The minimum absolute atomic E-state index is 0.0139. The van der Waals surface area contributed by atoms with E-state index < -0.39 is 0 Å². The lowest BCUT2D eigenvalue weighted by molar-refractivity contribution is -0.124. The molecule has 138 valence electrons. The van der Waals surface area contributed by atoms with Crippen molar-refractivity contribution in [3.63, 3.8) is 0 Å². The van der Waals surface area contributed by atoms with Crippen LogP contribution in [0.15, 0.2) is 40.9 Å². The third-order valence-electron chi connectivity index (χ3n) is 4.46. The highest BCUT2D eigenvalue weighted by Gasteiger charge is 2.34. The highest BCUT2D eigenvalue weighted by molar-refractivity contribution is 9.10. The molecule has 0 aromatic heterocycles. The second kappa shape index (κ2) is 7.31. The van der Waals surface area contributed by atoms with Gasteiger partial charge in [0.05, 0.1) is 6.04 Å². The molecule has 2 aromatic rings. The van der Waals surface area contributed by atoms with Crippen molar-refractivity contribution in [1.29, 1.82) is 0 Å². The molecule has 3 rings (SSSR count). The summed E-state index contributed by atoms with van der Waals surface area (Å²) in [5.41, 5.74) is 2.91. The molecule has 0 unspecified atom stereocenters. The molecule has 1 aliphatic heterocycles. The number of carbonyl (C=O) groups is 1. The van der Waals surface area contributed by atoms with E-state index in [9.17, 15) is 4.79 Å². The third-order valence-corrected chi connectivity index (χ3v) is 5.35. The molecule has 0 aliphatic carbocycles. The molecule has 1 N–H and O–H groups in total. The number of carbonyl (C=O) groups excluding carboxylic acids is 1. The van der Waals surface area contributed by atoms with Crippen LogP contribution in [0, 0.1) is 13.8 Å². The smallest absolute Gasteiger partial charge is 0.258 e. The molecule has 0 saturated heterocycles. The van der Waals surface area contributed by atoms with E-state index in [4.69, 9.17) is 9.47 Å². The molecule has 1 amide bonds. The van der Waals surface area contributed by atoms with Crippen LogP contribution in [0.1, 0.15) is 43.0 Å². The maximum Gasteiger partial charge on any atom is 0.258 e. The maximum absolute atomic E-state index is 12.5. The van der Waals surface area contributed by atoms with E-state index in [2.05, 4.69) is 27.3 Å². The zero-order chi connectivity index (χ0) is 18.9. The van der Waals surface area contributed by atoms with Gasteiger partial charge in [-0.25, -0.2) is 0 Å². The monoisotopic (exact) mass is 417 g/mol. The van der Waals surface area contributed by atoms with Crippen LogP contribution in [-0.4, -0.2) is 18.1 Å². The van der Waals surface area contributed by atoms with Gasteiger partial charge in [-0.2, -0.15) is 0 Å². The van der Waals surface area contributed by atoms with Crippen molar-refractivity contribution in [1.82, 2.24) is 5.32 Å². The topological polar surface area (TPSA) is 47.6 Å². The number of halogens is 1. The van der Waals surface area contributed by atoms with Gasteiger partial charge in [-0.3, -0.25) is 4.79 Å². The molecule has 26 heavy (non-hydrogen) atoms. The molecule has 0 fully saturated rings. The molecule has 0 radical (unpaired) electrons. The number of rotatable bonds is 4. The number of hydrogen-bond acceptors (Lipinski definition) is 3. The quantitative estimate of drug-likeness (QED) is 0.771. The highest BCUT2D eigenvalue weighted by atomic mass is 79.9. The van der Waals surface area contributed by atoms with Crippen molar-refractivity contribution in [3.05, 3.63) is 57.6 Å². The molecule has 2 aromatic carbocycles. The lowest BCUT2D eigenvalue weighted by Gasteiger charge is -2.38. The summed E-state index contributed by atoms with van der Waals surface area (Å²) in [7, 11) is 0. The van der Waals surface area contributed by atoms with Gasteiger partial charge >= 0.3 is 0 Å². The summed E-state index contributed by atoms with van der Waals surface area (Å²) in [5, 5.41) is 3.10. The first-order valence-corrected chi connectivity index (χ1v) is 9.51. The summed E-state index contributed by atoms with van der Waals surface area (Å²) in [6.45, 7) is 8.09. The van der Waals surface area contributed by atoms with E-state index >= 15 is 0 Å². The molecule has 4 nitrogen and oxygen atoms in total. The minimum Gasteiger partial charge on any atom is -0.487 e. The standard InChI is InChI=1S/C21H24BrNO3/c1-13-5-8-19-16(9-13)18(11-21(3,4)26-19)23-20(24)12-25-15-6-7-17(22)14(2)10-15/h5-10,18H,11-12H2,1-4H3,(H,23,24)/t18-/m1/s1. The predicted octanol–water partition coefficient (Wildman–Crippen LogP) is 4.86. The van der Waals surface area contributed by atoms with E-state index in [0.717, 1.165) is 26.9 Å². The lowest BCUT2D eigenvalue weighted by Crippen LogP contribution is -2.42. The zero-order valence-electron chi connectivity index (χ0n) is 15.6. The van der Waals surface area contributed by atoms with Gasteiger partial charge in [-0.15, -0.1) is 0 Å². The van der Waals surface area contributed by atoms with Gasteiger partial charge in [0.25, 0.3) is 5.91 Å². The molecule has 1 heterocycles. The van der Waals surface area contributed by atoms with Gasteiger partial charge in [-0.05, 0) is 57.5 Å². The molecule has 0 saturated carbocycles. The van der Waals surface area contributed by atoms with Crippen LogP contribution in [0.3, 0.4) is 0 Å². The van der Waals surface area contributed by atoms with Crippen molar-refractivity contribution in [3.8, 4) is 11.5 Å². The van der Waals surface area contributed by atoms with E-state index in [1.54, 1.807) is 0 Å². The number of aryl methyl sites for hydroxylation is 2. The SMILES string of the molecule is Cc1ccc2c(c1)[C@H](NC(=O)COc1ccc(Br)c(C)c1)CC(C)(C)O2. The summed E-state index contributed by atoms with van der Waals surface area (Å²) in [6, 6.07) is 11.7. The van der Waals surface area contributed by atoms with Crippen LogP contribution in [0.25, 0.3) is 0 Å². The summed E-state index contributed by atoms with van der Waals surface area (Å²) >= 11 is 3.46. The second-order valence-corrected chi connectivity index (χ2v) is 8.28. The summed E-state index contributed by atoms with van der Waals surface area (Å²) in [4.78, 5) is 12.5. The fourth-order valence-corrected chi connectivity index (χ4v) is 3.44. The normalized spacial score (nSPS) is 17.8. The first-order chi connectivity index (χ1) is 12.2. The second-order valence-electron chi connectivity index (χ2n) is 7.43. The van der Waals surface area contributed by atoms with Crippen LogP contribution in [-0.2, 0) is 4.79 Å². The Labute approximate surface area is 163 Å². The van der Waals surface area contributed by atoms with Crippen molar-refractivity contribution in [2.24, 2.45) is 0 Å². The molecule has 0 bridgehead atoms. The van der Waals surface area contributed by atoms with Gasteiger partial charge < -0.3 is 14.8 Å². The van der Waals surface area contributed by atoms with E-state index in [0.29, 0.717) is 12.2 Å². The Morgan fingerprint density at radius 1 is 1.27 bits per heavy atom. The maximum atomic E-state index is 12.5. The average molecular weight is 418 g/mol. The van der Waals surface area contributed by atoms with Crippen molar-refractivity contribution < 1.29 is 14.3 Å². The fraction of sp³-hybridized carbons (Fsp3) is 0.381. The molecular weight excluding hydrogens is 394 g/mol. The van der Waals surface area contributed by atoms with E-state index in [-0.39, 0.29) is 24.2 Å². The predicted molar refractivity (Wildman–Crippen MR) is 106 cm³/mol. The van der Waals surface area contributed by atoms with Crippen molar-refractivity contribution >= 4 is 21.8 Å². The Balaban J connectivity index is 1.68. The van der Waals surface area contributed by atoms with Crippen LogP contribution < -0.4 is 14.8 Å². The average Bonchev–Trinajstić information content (AvgIpc) is 2.56. The van der Waals surface area contributed by atoms with Gasteiger partial charge in [-0.1, -0.05) is 33.6 Å². The minimum atomic E-state index is -0.329. The number of hydrogen-bond donors (Lipinski definition) is 1. The number of fused-ring (bicyclic) bond motifs is 1. The van der Waals surface area contributed by atoms with Gasteiger partial charge in [0, 0.05) is 16.5 Å². The molecular formula is C21H24BrNO3. The van der Waals surface area contributed by atoms with E-state index in [1.165, 1.54) is 0 Å². The van der Waals surface area contributed by atoms with E-state index in [1.807, 2.05) is 58.0 Å². The Kier molecular flexibility index (Phi) is 5.28. The molecule has 1 aliphatic rings. The first kappa shape index (κ1) is 18.8. The number of nitrogens with one attached hydrogen (secondary N) is 1. The van der Waals surface area contributed by atoms with Crippen LogP contribution in [0.4, 0.5) is 0 Å².